The van der Waals surface area contributed by atoms with Crippen LogP contribution in [0, 0.1) is 0 Å². The Morgan fingerprint density at radius 3 is 3.13 bits per heavy atom. The van der Waals surface area contributed by atoms with Crippen LogP contribution in [0.4, 0.5) is 0 Å². The summed E-state index contributed by atoms with van der Waals surface area (Å²) >= 11 is 11.2. The Kier molecular flexibility index (Phi) is 6.61. The van der Waals surface area contributed by atoms with E-state index >= 15 is 0 Å². The molecular formula is C10H18Cl2N2O. The smallest absolute Gasteiger partial charge is 0.0826 e. The van der Waals surface area contributed by atoms with Gasteiger partial charge in [0.1, 0.15) is 0 Å². The Hall–Kier alpha value is 0.200. The summed E-state index contributed by atoms with van der Waals surface area (Å²) in [5, 5.41) is 3.84. The Morgan fingerprint density at radius 2 is 2.47 bits per heavy atom. The van der Waals surface area contributed by atoms with Gasteiger partial charge in [-0.15, -0.1) is 0 Å². The molecule has 1 unspecified atom stereocenters. The third kappa shape index (κ3) is 5.18. The standard InChI is InChI=1S/C10H18Cl2N2O/c1-2-14-3-4-15-10(8-14)7-13-6-9(12)5-11/h5,10,13H,2-4,6-8H2,1H3. The number of halogens is 2. The number of likely N-dealkylation sites (N-methyl/N-ethyl adjacent to an activating group) is 1. The van der Waals surface area contributed by atoms with Crippen LogP contribution in [0.2, 0.25) is 0 Å². The van der Waals surface area contributed by atoms with Gasteiger partial charge in [-0.1, -0.05) is 30.1 Å². The van der Waals surface area contributed by atoms with Crippen LogP contribution in [-0.2, 0) is 4.74 Å². The van der Waals surface area contributed by atoms with E-state index in [1.165, 1.54) is 5.54 Å². The molecule has 1 N–H and O–H groups in total. The van der Waals surface area contributed by atoms with E-state index in [-0.39, 0.29) is 6.10 Å². The van der Waals surface area contributed by atoms with Gasteiger partial charge in [-0.05, 0) is 6.54 Å². The highest BCUT2D eigenvalue weighted by Gasteiger charge is 2.18. The highest BCUT2D eigenvalue weighted by atomic mass is 35.5. The zero-order valence-corrected chi connectivity index (χ0v) is 10.5. The summed E-state index contributed by atoms with van der Waals surface area (Å²) in [6.45, 7) is 7.53. The van der Waals surface area contributed by atoms with E-state index in [1.807, 2.05) is 0 Å². The molecule has 1 rings (SSSR count). The maximum absolute atomic E-state index is 5.75. The predicted octanol–water partition coefficient (Wildman–Crippen LogP) is 1.62. The lowest BCUT2D eigenvalue weighted by Gasteiger charge is -2.32. The SMILES string of the molecule is CCN1CCOC(CNCC(Cl)=CCl)C1. The van der Waals surface area contributed by atoms with Crippen molar-refractivity contribution in [1.82, 2.24) is 10.2 Å². The van der Waals surface area contributed by atoms with Crippen molar-refractivity contribution < 1.29 is 4.74 Å². The molecule has 0 aromatic carbocycles. The van der Waals surface area contributed by atoms with Crippen LogP contribution in [0.1, 0.15) is 6.92 Å². The zero-order valence-electron chi connectivity index (χ0n) is 9.01. The molecule has 1 heterocycles. The molecule has 1 aliphatic heterocycles. The summed E-state index contributed by atoms with van der Waals surface area (Å²) < 4.78 is 5.63. The number of hydrogen-bond acceptors (Lipinski definition) is 3. The molecule has 3 nitrogen and oxygen atoms in total. The molecule has 0 aliphatic carbocycles. The molecule has 1 saturated heterocycles. The summed E-state index contributed by atoms with van der Waals surface area (Å²) in [5.41, 5.74) is 1.38. The molecule has 15 heavy (non-hydrogen) atoms. The van der Waals surface area contributed by atoms with Gasteiger partial charge in [-0.2, -0.15) is 0 Å². The van der Waals surface area contributed by atoms with Crippen LogP contribution in [0.5, 0.6) is 0 Å². The van der Waals surface area contributed by atoms with E-state index in [4.69, 9.17) is 27.9 Å². The Morgan fingerprint density at radius 1 is 1.67 bits per heavy atom. The van der Waals surface area contributed by atoms with Crippen molar-refractivity contribution in [3.05, 3.63) is 10.6 Å². The van der Waals surface area contributed by atoms with Crippen molar-refractivity contribution in [3.8, 4) is 0 Å². The van der Waals surface area contributed by atoms with Gasteiger partial charge < -0.3 is 10.1 Å². The number of hydrogen-bond donors (Lipinski definition) is 1. The third-order valence-electron chi connectivity index (χ3n) is 2.45. The molecule has 0 radical (unpaired) electrons. The van der Waals surface area contributed by atoms with E-state index in [0.717, 1.165) is 32.8 Å². The van der Waals surface area contributed by atoms with Crippen molar-refractivity contribution in [2.75, 3.05) is 39.3 Å². The minimum atomic E-state index is 0.262. The molecule has 0 aromatic heterocycles. The van der Waals surface area contributed by atoms with Gasteiger partial charge in [0.05, 0.1) is 12.7 Å². The van der Waals surface area contributed by atoms with Gasteiger partial charge in [0, 0.05) is 36.7 Å². The second kappa shape index (κ2) is 7.47. The normalized spacial score (nSPS) is 24.5. The lowest BCUT2D eigenvalue weighted by atomic mass is 10.2. The summed E-state index contributed by atoms with van der Waals surface area (Å²) in [6, 6.07) is 0. The predicted molar refractivity (Wildman–Crippen MR) is 64.5 cm³/mol. The van der Waals surface area contributed by atoms with Gasteiger partial charge >= 0.3 is 0 Å². The monoisotopic (exact) mass is 252 g/mol. The lowest BCUT2D eigenvalue weighted by molar-refractivity contribution is -0.0248. The molecule has 1 fully saturated rings. The van der Waals surface area contributed by atoms with Gasteiger partial charge in [-0.25, -0.2) is 0 Å². The topological polar surface area (TPSA) is 24.5 Å². The highest BCUT2D eigenvalue weighted by molar-refractivity contribution is 6.36. The lowest BCUT2D eigenvalue weighted by Crippen LogP contribution is -2.46. The summed E-state index contributed by atoms with van der Waals surface area (Å²) in [5.74, 6) is 0. The van der Waals surface area contributed by atoms with Gasteiger partial charge in [-0.3, -0.25) is 4.90 Å². The first kappa shape index (κ1) is 13.3. The van der Waals surface area contributed by atoms with Crippen LogP contribution >= 0.6 is 23.2 Å². The maximum Gasteiger partial charge on any atom is 0.0826 e. The summed E-state index contributed by atoms with van der Waals surface area (Å²) in [6.07, 6.45) is 0.262. The largest absolute Gasteiger partial charge is 0.374 e. The first-order valence-corrected chi connectivity index (χ1v) is 6.07. The Bertz CT molecular complexity index is 212. The maximum atomic E-state index is 5.75. The third-order valence-corrected chi connectivity index (χ3v) is 3.07. The quantitative estimate of drug-likeness (QED) is 0.805. The molecule has 0 bridgehead atoms. The van der Waals surface area contributed by atoms with Crippen LogP contribution in [0.25, 0.3) is 0 Å². The fraction of sp³-hybridized carbons (Fsp3) is 0.800. The minimum absolute atomic E-state index is 0.262. The average molecular weight is 253 g/mol. The number of rotatable bonds is 5. The van der Waals surface area contributed by atoms with Gasteiger partial charge in [0.15, 0.2) is 0 Å². The molecule has 0 amide bonds. The molecular weight excluding hydrogens is 235 g/mol. The Balaban J connectivity index is 2.15. The molecule has 0 aromatic rings. The number of nitrogens with one attached hydrogen (secondary N) is 1. The van der Waals surface area contributed by atoms with E-state index in [0.29, 0.717) is 11.6 Å². The fourth-order valence-corrected chi connectivity index (χ4v) is 1.75. The number of nitrogens with zero attached hydrogens (tertiary/aromatic N) is 1. The number of morpholine rings is 1. The van der Waals surface area contributed by atoms with Crippen LogP contribution in [0.3, 0.4) is 0 Å². The molecule has 1 atom stereocenters. The van der Waals surface area contributed by atoms with E-state index in [1.54, 1.807) is 0 Å². The average Bonchev–Trinajstić information content (AvgIpc) is 2.29. The van der Waals surface area contributed by atoms with Crippen molar-refractivity contribution in [2.45, 2.75) is 13.0 Å². The van der Waals surface area contributed by atoms with Crippen molar-refractivity contribution in [2.24, 2.45) is 0 Å². The van der Waals surface area contributed by atoms with Crippen molar-refractivity contribution in [3.63, 3.8) is 0 Å². The van der Waals surface area contributed by atoms with Crippen LogP contribution < -0.4 is 5.32 Å². The molecule has 0 spiro atoms. The van der Waals surface area contributed by atoms with Gasteiger partial charge in [0.25, 0.3) is 0 Å². The molecule has 88 valence electrons. The second-order valence-electron chi connectivity index (χ2n) is 3.57. The van der Waals surface area contributed by atoms with Crippen molar-refractivity contribution >= 4 is 23.2 Å². The molecule has 5 heteroatoms. The van der Waals surface area contributed by atoms with E-state index in [9.17, 15) is 0 Å². The fourth-order valence-electron chi connectivity index (χ4n) is 1.58. The number of ether oxygens (including phenoxy) is 1. The van der Waals surface area contributed by atoms with Gasteiger partial charge in [0.2, 0.25) is 0 Å². The molecule has 0 saturated carbocycles. The Labute approximate surface area is 101 Å². The van der Waals surface area contributed by atoms with E-state index < -0.39 is 0 Å². The summed E-state index contributed by atoms with van der Waals surface area (Å²) in [7, 11) is 0. The minimum Gasteiger partial charge on any atom is -0.374 e. The zero-order chi connectivity index (χ0) is 11.1. The highest BCUT2D eigenvalue weighted by Crippen LogP contribution is 2.05. The second-order valence-corrected chi connectivity index (χ2v) is 4.28. The van der Waals surface area contributed by atoms with Crippen LogP contribution in [-0.4, -0.2) is 50.3 Å². The first-order valence-electron chi connectivity index (χ1n) is 5.25. The van der Waals surface area contributed by atoms with Crippen LogP contribution in [0.15, 0.2) is 10.6 Å². The summed E-state index contributed by atoms with van der Waals surface area (Å²) in [4.78, 5) is 2.38. The first-order chi connectivity index (χ1) is 7.26. The van der Waals surface area contributed by atoms with Crippen molar-refractivity contribution in [1.29, 1.82) is 0 Å². The molecule has 1 aliphatic rings. The van der Waals surface area contributed by atoms with E-state index in [2.05, 4.69) is 17.1 Å².